The number of morpholine rings is 1. The lowest BCUT2D eigenvalue weighted by atomic mass is 10.1. The number of ether oxygens (including phenoxy) is 1. The van der Waals surface area contributed by atoms with Gasteiger partial charge in [-0.1, -0.05) is 6.07 Å². The summed E-state index contributed by atoms with van der Waals surface area (Å²) in [6, 6.07) is 4.48. The summed E-state index contributed by atoms with van der Waals surface area (Å²) in [7, 11) is 1.79. The zero-order valence-electron chi connectivity index (χ0n) is 10.9. The molecule has 1 aliphatic rings. The number of carbonyl (C=O) groups excluding carboxylic acids is 1. The molecular weight excluding hydrogens is 249 g/mol. The number of rotatable bonds is 4. The van der Waals surface area contributed by atoms with Crippen LogP contribution in [0.25, 0.3) is 0 Å². The van der Waals surface area contributed by atoms with Crippen LogP contribution < -0.4 is 16.0 Å². The zero-order chi connectivity index (χ0) is 13.8. The molecule has 19 heavy (non-hydrogen) atoms. The highest BCUT2D eigenvalue weighted by Gasteiger charge is 2.20. The summed E-state index contributed by atoms with van der Waals surface area (Å²) >= 11 is 0. The van der Waals surface area contributed by atoms with Gasteiger partial charge in [-0.2, -0.15) is 0 Å². The monoisotopic (exact) mass is 267 g/mol. The Hall–Kier alpha value is -1.66. The van der Waals surface area contributed by atoms with Gasteiger partial charge in [-0.15, -0.1) is 0 Å². The summed E-state index contributed by atoms with van der Waals surface area (Å²) in [5, 5.41) is 3.22. The predicted molar refractivity (Wildman–Crippen MR) is 70.8 cm³/mol. The number of nitrogens with one attached hydrogen (secondary N) is 1. The molecule has 1 atom stereocenters. The van der Waals surface area contributed by atoms with Crippen molar-refractivity contribution >= 4 is 11.6 Å². The fraction of sp³-hybridized carbons (Fsp3) is 0.462. The van der Waals surface area contributed by atoms with Crippen molar-refractivity contribution in [3.05, 3.63) is 29.6 Å². The first kappa shape index (κ1) is 13.8. The van der Waals surface area contributed by atoms with Crippen LogP contribution in [0, 0.1) is 5.82 Å². The van der Waals surface area contributed by atoms with E-state index in [1.165, 1.54) is 6.07 Å². The van der Waals surface area contributed by atoms with Crippen molar-refractivity contribution in [2.45, 2.75) is 6.10 Å². The van der Waals surface area contributed by atoms with Crippen LogP contribution in [0.4, 0.5) is 10.1 Å². The molecule has 0 saturated carbocycles. The number of halogens is 1. The van der Waals surface area contributed by atoms with Gasteiger partial charge in [0.2, 0.25) is 0 Å². The molecule has 1 saturated heterocycles. The maximum Gasteiger partial charge on any atom is 0.253 e. The van der Waals surface area contributed by atoms with Gasteiger partial charge in [0.1, 0.15) is 5.82 Å². The van der Waals surface area contributed by atoms with Crippen molar-refractivity contribution in [1.82, 2.24) is 5.32 Å². The molecule has 1 aliphatic heterocycles. The van der Waals surface area contributed by atoms with Crippen molar-refractivity contribution in [2.24, 2.45) is 5.73 Å². The van der Waals surface area contributed by atoms with Crippen molar-refractivity contribution in [3.8, 4) is 0 Å². The first-order valence-electron chi connectivity index (χ1n) is 6.21. The Morgan fingerprint density at radius 2 is 2.42 bits per heavy atom. The molecule has 1 fully saturated rings. The van der Waals surface area contributed by atoms with Gasteiger partial charge < -0.3 is 20.7 Å². The standard InChI is InChI=1S/C13H18FN3O2/c1-17(8-9-7-16-5-6-19-9)11-4-2-3-10(14)12(11)13(15)18/h2-4,9,16H,5-8H2,1H3,(H2,15,18). The fourth-order valence-electron chi connectivity index (χ4n) is 2.22. The van der Waals surface area contributed by atoms with Gasteiger partial charge in [-0.05, 0) is 12.1 Å². The number of hydrogen-bond donors (Lipinski definition) is 2. The summed E-state index contributed by atoms with van der Waals surface area (Å²) in [5.74, 6) is -1.36. The Balaban J connectivity index is 2.16. The number of primary amides is 1. The number of amides is 1. The van der Waals surface area contributed by atoms with E-state index in [2.05, 4.69) is 5.32 Å². The quantitative estimate of drug-likeness (QED) is 0.826. The van der Waals surface area contributed by atoms with Crippen LogP contribution in [0.3, 0.4) is 0 Å². The van der Waals surface area contributed by atoms with Crippen LogP contribution in [0.2, 0.25) is 0 Å². The lowest BCUT2D eigenvalue weighted by molar-refractivity contribution is 0.0340. The van der Waals surface area contributed by atoms with E-state index in [0.29, 0.717) is 18.8 Å². The third-order valence-electron chi connectivity index (χ3n) is 3.13. The number of nitrogens with zero attached hydrogens (tertiary/aromatic N) is 1. The Labute approximate surface area is 111 Å². The van der Waals surface area contributed by atoms with Crippen LogP contribution in [0.1, 0.15) is 10.4 Å². The molecule has 5 nitrogen and oxygen atoms in total. The summed E-state index contributed by atoms with van der Waals surface area (Å²) in [6.45, 7) is 2.80. The van der Waals surface area contributed by atoms with Gasteiger partial charge in [-0.25, -0.2) is 4.39 Å². The number of likely N-dealkylation sites (N-methyl/N-ethyl adjacent to an activating group) is 1. The molecule has 1 amide bonds. The second-order valence-electron chi connectivity index (χ2n) is 4.58. The second kappa shape index (κ2) is 5.99. The lowest BCUT2D eigenvalue weighted by Crippen LogP contribution is -2.44. The highest BCUT2D eigenvalue weighted by atomic mass is 19.1. The second-order valence-corrected chi connectivity index (χ2v) is 4.58. The van der Waals surface area contributed by atoms with Crippen LogP contribution in [0.5, 0.6) is 0 Å². The largest absolute Gasteiger partial charge is 0.374 e. The summed E-state index contributed by atoms with van der Waals surface area (Å²) < 4.78 is 19.3. The maximum atomic E-state index is 13.7. The van der Waals surface area contributed by atoms with E-state index < -0.39 is 11.7 Å². The predicted octanol–water partition coefficient (Wildman–Crippen LogP) is 0.349. The average Bonchev–Trinajstić information content (AvgIpc) is 2.39. The van der Waals surface area contributed by atoms with Crippen LogP contribution in [-0.2, 0) is 4.74 Å². The number of benzene rings is 1. The minimum atomic E-state index is -0.761. The third kappa shape index (κ3) is 3.21. The summed E-state index contributed by atoms with van der Waals surface area (Å²) in [4.78, 5) is 13.1. The van der Waals surface area contributed by atoms with E-state index in [4.69, 9.17) is 10.5 Å². The van der Waals surface area contributed by atoms with Gasteiger partial charge in [0, 0.05) is 26.7 Å². The summed E-state index contributed by atoms with van der Waals surface area (Å²) in [6.07, 6.45) is 0.0164. The molecule has 104 valence electrons. The third-order valence-corrected chi connectivity index (χ3v) is 3.13. The van der Waals surface area contributed by atoms with E-state index in [-0.39, 0.29) is 11.7 Å². The van der Waals surface area contributed by atoms with Gasteiger partial charge in [0.25, 0.3) is 5.91 Å². The molecular formula is C13H18FN3O2. The van der Waals surface area contributed by atoms with Crippen molar-refractivity contribution in [2.75, 3.05) is 38.2 Å². The van der Waals surface area contributed by atoms with Gasteiger partial charge in [0.05, 0.1) is 24.0 Å². The van der Waals surface area contributed by atoms with Crippen LogP contribution in [-0.4, -0.2) is 45.3 Å². The molecule has 3 N–H and O–H groups in total. The first-order chi connectivity index (χ1) is 9.09. The highest BCUT2D eigenvalue weighted by molar-refractivity contribution is 5.98. The normalized spacial score (nSPS) is 19.2. The van der Waals surface area contributed by atoms with E-state index in [0.717, 1.165) is 13.1 Å². The number of carbonyl (C=O) groups is 1. The number of anilines is 1. The molecule has 1 aromatic rings. The van der Waals surface area contributed by atoms with E-state index in [9.17, 15) is 9.18 Å². The molecule has 6 heteroatoms. The number of hydrogen-bond acceptors (Lipinski definition) is 4. The highest BCUT2D eigenvalue weighted by Crippen LogP contribution is 2.22. The molecule has 2 rings (SSSR count). The SMILES string of the molecule is CN(CC1CNCCO1)c1cccc(F)c1C(N)=O. The Kier molecular flexibility index (Phi) is 4.34. The van der Waals surface area contributed by atoms with E-state index >= 15 is 0 Å². The van der Waals surface area contributed by atoms with Gasteiger partial charge in [0.15, 0.2) is 0 Å². The molecule has 0 spiro atoms. The smallest absolute Gasteiger partial charge is 0.253 e. The maximum absolute atomic E-state index is 13.7. The molecule has 1 aromatic carbocycles. The van der Waals surface area contributed by atoms with Crippen molar-refractivity contribution in [3.63, 3.8) is 0 Å². The van der Waals surface area contributed by atoms with E-state index in [1.807, 2.05) is 0 Å². The fourth-order valence-corrected chi connectivity index (χ4v) is 2.22. The molecule has 0 bridgehead atoms. The minimum Gasteiger partial charge on any atom is -0.374 e. The lowest BCUT2D eigenvalue weighted by Gasteiger charge is -2.30. The average molecular weight is 267 g/mol. The topological polar surface area (TPSA) is 67.6 Å². The minimum absolute atomic E-state index is 0.0164. The van der Waals surface area contributed by atoms with Crippen LogP contribution >= 0.6 is 0 Å². The molecule has 0 radical (unpaired) electrons. The Morgan fingerprint density at radius 3 is 3.05 bits per heavy atom. The van der Waals surface area contributed by atoms with E-state index in [1.54, 1.807) is 24.1 Å². The van der Waals surface area contributed by atoms with Gasteiger partial charge in [-0.3, -0.25) is 4.79 Å². The Bertz CT molecular complexity index is 461. The molecule has 0 aliphatic carbocycles. The van der Waals surface area contributed by atoms with Crippen molar-refractivity contribution < 1.29 is 13.9 Å². The first-order valence-corrected chi connectivity index (χ1v) is 6.21. The zero-order valence-corrected chi connectivity index (χ0v) is 10.9. The van der Waals surface area contributed by atoms with Gasteiger partial charge >= 0.3 is 0 Å². The molecule has 0 aromatic heterocycles. The summed E-state index contributed by atoms with van der Waals surface area (Å²) in [5.41, 5.74) is 5.65. The number of nitrogens with two attached hydrogens (primary N) is 1. The molecule has 1 heterocycles. The van der Waals surface area contributed by atoms with Crippen molar-refractivity contribution in [1.29, 1.82) is 0 Å². The Morgan fingerprint density at radius 1 is 1.63 bits per heavy atom. The molecule has 1 unspecified atom stereocenters. The van der Waals surface area contributed by atoms with Crippen LogP contribution in [0.15, 0.2) is 18.2 Å².